The highest BCUT2D eigenvalue weighted by Crippen LogP contribution is 2.46. The SMILES string of the molecule is c1ccc(-c2ccccc2-c2ccccc2-c2ccccc2N(c2ccc(-c3cccc(-n4c5ccccc5c5ccccc54)c3)cc2)c2ccc(-c3cccc4ccccc34)cc2)cc1. The molecule has 0 saturated heterocycles. The van der Waals surface area contributed by atoms with Gasteiger partial charge in [-0.05, 0) is 115 Å². The highest BCUT2D eigenvalue weighted by molar-refractivity contribution is 6.09. The van der Waals surface area contributed by atoms with Gasteiger partial charge in [-0.3, -0.25) is 0 Å². The van der Waals surface area contributed by atoms with Crippen molar-refractivity contribution in [3.8, 4) is 61.3 Å². The minimum atomic E-state index is 1.07. The molecule has 2 nitrogen and oxygen atoms in total. The number of nitrogens with zero attached hydrogens (tertiary/aromatic N) is 2. The van der Waals surface area contributed by atoms with Gasteiger partial charge in [0.25, 0.3) is 0 Å². The number of rotatable bonds is 9. The first-order valence-electron chi connectivity index (χ1n) is 22.7. The Hall–Kier alpha value is -8.72. The largest absolute Gasteiger partial charge is 0.310 e. The van der Waals surface area contributed by atoms with Gasteiger partial charge in [0.15, 0.2) is 0 Å². The van der Waals surface area contributed by atoms with Crippen LogP contribution in [0.25, 0.3) is 93.9 Å². The van der Waals surface area contributed by atoms with Crippen LogP contribution in [0, 0.1) is 0 Å². The summed E-state index contributed by atoms with van der Waals surface area (Å²) in [5.74, 6) is 0. The molecule has 310 valence electrons. The summed E-state index contributed by atoms with van der Waals surface area (Å²) in [6, 6.07) is 96.9. The number of aromatic nitrogens is 1. The summed E-state index contributed by atoms with van der Waals surface area (Å²) >= 11 is 0. The summed E-state index contributed by atoms with van der Waals surface area (Å²) in [5, 5.41) is 5.01. The topological polar surface area (TPSA) is 8.17 Å². The Morgan fingerprint density at radius 2 is 0.697 bits per heavy atom. The maximum atomic E-state index is 2.42. The lowest BCUT2D eigenvalue weighted by molar-refractivity contribution is 1.18. The zero-order chi connectivity index (χ0) is 43.8. The minimum absolute atomic E-state index is 1.07. The van der Waals surface area contributed by atoms with Gasteiger partial charge in [0.05, 0.1) is 16.7 Å². The van der Waals surface area contributed by atoms with Gasteiger partial charge in [0, 0.05) is 33.4 Å². The summed E-state index contributed by atoms with van der Waals surface area (Å²) in [4.78, 5) is 2.42. The van der Waals surface area contributed by atoms with Crippen molar-refractivity contribution in [2.75, 3.05) is 4.90 Å². The number of fused-ring (bicyclic) bond motifs is 4. The van der Waals surface area contributed by atoms with Crippen LogP contribution in [0.2, 0.25) is 0 Å². The van der Waals surface area contributed by atoms with Crippen molar-refractivity contribution in [3.63, 3.8) is 0 Å². The Morgan fingerprint density at radius 3 is 1.38 bits per heavy atom. The van der Waals surface area contributed by atoms with Crippen LogP contribution < -0.4 is 4.90 Å². The second-order valence-corrected chi connectivity index (χ2v) is 16.9. The third-order valence-electron chi connectivity index (χ3n) is 13.0. The molecule has 1 aromatic heterocycles. The van der Waals surface area contributed by atoms with E-state index < -0.39 is 0 Å². The van der Waals surface area contributed by atoms with Crippen LogP contribution >= 0.6 is 0 Å². The van der Waals surface area contributed by atoms with Crippen molar-refractivity contribution < 1.29 is 0 Å². The van der Waals surface area contributed by atoms with Crippen LogP contribution in [-0.2, 0) is 0 Å². The molecule has 0 radical (unpaired) electrons. The van der Waals surface area contributed by atoms with Crippen molar-refractivity contribution >= 4 is 49.6 Å². The fourth-order valence-electron chi connectivity index (χ4n) is 9.96. The van der Waals surface area contributed by atoms with Gasteiger partial charge in [-0.15, -0.1) is 0 Å². The Labute approximate surface area is 385 Å². The lowest BCUT2D eigenvalue weighted by Crippen LogP contribution is -2.11. The normalized spacial score (nSPS) is 11.3. The molecule has 0 saturated carbocycles. The monoisotopic (exact) mass is 840 g/mol. The smallest absolute Gasteiger partial charge is 0.0541 e. The second-order valence-electron chi connectivity index (χ2n) is 16.9. The maximum absolute atomic E-state index is 2.42. The highest BCUT2D eigenvalue weighted by atomic mass is 15.1. The van der Waals surface area contributed by atoms with Crippen LogP contribution in [0.15, 0.2) is 267 Å². The van der Waals surface area contributed by atoms with E-state index >= 15 is 0 Å². The van der Waals surface area contributed by atoms with Crippen LogP contribution in [0.5, 0.6) is 0 Å². The van der Waals surface area contributed by atoms with Gasteiger partial charge >= 0.3 is 0 Å². The molecule has 12 aromatic rings. The Balaban J connectivity index is 0.987. The van der Waals surface area contributed by atoms with E-state index in [4.69, 9.17) is 0 Å². The molecule has 11 aromatic carbocycles. The van der Waals surface area contributed by atoms with E-state index in [1.165, 1.54) is 77.1 Å². The van der Waals surface area contributed by atoms with Gasteiger partial charge in [-0.1, -0.05) is 212 Å². The molecule has 0 bridgehead atoms. The van der Waals surface area contributed by atoms with Gasteiger partial charge in [0.2, 0.25) is 0 Å². The molecule has 0 unspecified atom stereocenters. The third-order valence-corrected chi connectivity index (χ3v) is 13.0. The molecular weight excluding hydrogens is 797 g/mol. The summed E-state index contributed by atoms with van der Waals surface area (Å²) < 4.78 is 2.39. The molecule has 0 amide bonds. The average molecular weight is 841 g/mol. The summed E-state index contributed by atoms with van der Waals surface area (Å²) in [7, 11) is 0. The molecule has 0 aliphatic heterocycles. The van der Waals surface area contributed by atoms with Crippen molar-refractivity contribution in [2.24, 2.45) is 0 Å². The molecule has 0 spiro atoms. The van der Waals surface area contributed by atoms with E-state index in [2.05, 4.69) is 276 Å². The van der Waals surface area contributed by atoms with E-state index in [1.54, 1.807) is 0 Å². The molecule has 0 atom stereocenters. The molecule has 0 aliphatic carbocycles. The summed E-state index contributed by atoms with van der Waals surface area (Å²) in [5.41, 5.74) is 18.7. The minimum Gasteiger partial charge on any atom is -0.310 e. The standard InChI is InChI=1S/C64H44N2/c1-2-18-46(19-3-1)55-25-6-7-26-56(55)57-27-8-9-28-58(57)59-29-10-13-33-62(59)65(51-42-38-48(39-43-51)54-32-17-21-47-20-4-5-24-53(47)54)50-40-36-45(37-41-50)49-22-16-23-52(44-49)66-63-34-14-11-30-60(63)61-31-12-15-35-64(61)66/h1-44H. The van der Waals surface area contributed by atoms with Crippen molar-refractivity contribution in [1.82, 2.24) is 4.57 Å². The van der Waals surface area contributed by atoms with Gasteiger partial charge in [-0.2, -0.15) is 0 Å². The van der Waals surface area contributed by atoms with E-state index in [-0.39, 0.29) is 0 Å². The number of hydrogen-bond acceptors (Lipinski definition) is 1. The molecule has 2 heteroatoms. The number of hydrogen-bond donors (Lipinski definition) is 0. The molecule has 0 fully saturated rings. The molecular formula is C64H44N2. The summed E-state index contributed by atoms with van der Waals surface area (Å²) in [6.45, 7) is 0. The first-order valence-corrected chi connectivity index (χ1v) is 22.7. The molecule has 0 aliphatic rings. The average Bonchev–Trinajstić information content (AvgIpc) is 3.74. The van der Waals surface area contributed by atoms with Crippen LogP contribution in [-0.4, -0.2) is 4.57 Å². The van der Waals surface area contributed by atoms with Gasteiger partial charge in [-0.25, -0.2) is 0 Å². The quantitative estimate of drug-likeness (QED) is 0.141. The Kier molecular flexibility index (Phi) is 9.89. The predicted octanol–water partition coefficient (Wildman–Crippen LogP) is 17.7. The second kappa shape index (κ2) is 16.8. The van der Waals surface area contributed by atoms with Crippen molar-refractivity contribution in [1.29, 1.82) is 0 Å². The molecule has 1 heterocycles. The number of anilines is 3. The van der Waals surface area contributed by atoms with E-state index in [0.717, 1.165) is 33.9 Å². The third kappa shape index (κ3) is 6.93. The lowest BCUT2D eigenvalue weighted by atomic mass is 9.88. The fraction of sp³-hybridized carbons (Fsp3) is 0. The van der Waals surface area contributed by atoms with Crippen LogP contribution in [0.3, 0.4) is 0 Å². The summed E-state index contributed by atoms with van der Waals surface area (Å²) in [6.07, 6.45) is 0. The molecule has 12 rings (SSSR count). The molecule has 66 heavy (non-hydrogen) atoms. The number of para-hydroxylation sites is 3. The Morgan fingerprint density at radius 1 is 0.258 bits per heavy atom. The first kappa shape index (κ1) is 38.9. The lowest BCUT2D eigenvalue weighted by Gasteiger charge is -2.29. The van der Waals surface area contributed by atoms with Crippen LogP contribution in [0.1, 0.15) is 0 Å². The van der Waals surface area contributed by atoms with E-state index in [0.29, 0.717) is 0 Å². The highest BCUT2D eigenvalue weighted by Gasteiger charge is 2.21. The van der Waals surface area contributed by atoms with E-state index in [1.807, 2.05) is 0 Å². The van der Waals surface area contributed by atoms with Crippen molar-refractivity contribution in [2.45, 2.75) is 0 Å². The maximum Gasteiger partial charge on any atom is 0.0541 e. The number of benzene rings is 11. The van der Waals surface area contributed by atoms with Gasteiger partial charge in [0.1, 0.15) is 0 Å². The molecule has 0 N–H and O–H groups in total. The fourth-order valence-corrected chi connectivity index (χ4v) is 9.96. The Bertz CT molecular complexity index is 3630. The first-order chi connectivity index (χ1) is 32.8. The predicted molar refractivity (Wildman–Crippen MR) is 280 cm³/mol. The van der Waals surface area contributed by atoms with Gasteiger partial charge < -0.3 is 9.47 Å². The zero-order valence-electron chi connectivity index (χ0n) is 36.3. The zero-order valence-corrected chi connectivity index (χ0v) is 36.3. The van der Waals surface area contributed by atoms with Crippen molar-refractivity contribution in [3.05, 3.63) is 267 Å². The van der Waals surface area contributed by atoms with Crippen LogP contribution in [0.4, 0.5) is 17.1 Å². The van der Waals surface area contributed by atoms with E-state index in [9.17, 15) is 0 Å².